The van der Waals surface area contributed by atoms with E-state index in [4.69, 9.17) is 28.2 Å². The fourth-order valence-electron chi connectivity index (χ4n) is 2.77. The van der Waals surface area contributed by atoms with Gasteiger partial charge in [0.25, 0.3) is 0 Å². The third-order valence-corrected chi connectivity index (χ3v) is 4.61. The second kappa shape index (κ2) is 8.38. The van der Waals surface area contributed by atoms with Gasteiger partial charge >= 0.3 is 0 Å². The number of nitrogens with one attached hydrogen (secondary N) is 2. The van der Waals surface area contributed by atoms with Crippen LogP contribution in [0.15, 0.2) is 71.3 Å². The minimum absolute atomic E-state index is 0.193. The summed E-state index contributed by atoms with van der Waals surface area (Å²) in [5, 5.41) is 6.32. The van der Waals surface area contributed by atoms with Gasteiger partial charge in [-0.3, -0.25) is 4.79 Å². The van der Waals surface area contributed by atoms with Crippen molar-refractivity contribution in [3.05, 3.63) is 77.4 Å². The minimum Gasteiger partial charge on any atom is -0.434 e. The lowest BCUT2D eigenvalue weighted by atomic mass is 10.1. The van der Waals surface area contributed by atoms with Crippen molar-refractivity contribution in [1.29, 1.82) is 0 Å². The number of hydrogen-bond acceptors (Lipinski definition) is 5. The Morgan fingerprint density at radius 1 is 1.10 bits per heavy atom. The monoisotopic (exact) mass is 422 g/mol. The smallest absolute Gasteiger partial charge is 0.230 e. The summed E-state index contributed by atoms with van der Waals surface area (Å²) in [4.78, 5) is 20.7. The molecule has 4 aromatic rings. The zero-order valence-electron chi connectivity index (χ0n) is 15.1. The normalized spacial score (nSPS) is 10.7. The number of anilines is 1. The number of aromatic nitrogens is 2. The second-order valence-corrected chi connectivity index (χ2v) is 7.02. The van der Waals surface area contributed by atoms with Crippen LogP contribution in [0.2, 0.25) is 5.02 Å². The summed E-state index contributed by atoms with van der Waals surface area (Å²) in [5.41, 5.74) is 3.21. The van der Waals surface area contributed by atoms with E-state index in [1.807, 2.05) is 30.3 Å². The van der Waals surface area contributed by atoms with Gasteiger partial charge in [-0.1, -0.05) is 41.9 Å². The van der Waals surface area contributed by atoms with E-state index in [0.717, 1.165) is 5.56 Å². The van der Waals surface area contributed by atoms with Crippen molar-refractivity contribution >= 4 is 51.8 Å². The van der Waals surface area contributed by atoms with Crippen molar-refractivity contribution in [2.24, 2.45) is 0 Å². The van der Waals surface area contributed by atoms with Crippen LogP contribution in [-0.4, -0.2) is 21.0 Å². The number of halogens is 1. The zero-order valence-corrected chi connectivity index (χ0v) is 16.6. The molecule has 0 aliphatic rings. The van der Waals surface area contributed by atoms with Crippen LogP contribution in [0.4, 0.5) is 5.69 Å². The summed E-state index contributed by atoms with van der Waals surface area (Å²) in [5.74, 6) is 0.152. The zero-order chi connectivity index (χ0) is 20.2. The first-order chi connectivity index (χ1) is 14.1. The van der Waals surface area contributed by atoms with Crippen molar-refractivity contribution in [2.45, 2.75) is 6.42 Å². The molecule has 0 atom stereocenters. The maximum Gasteiger partial charge on any atom is 0.230 e. The quantitative estimate of drug-likeness (QED) is 0.468. The van der Waals surface area contributed by atoms with Crippen molar-refractivity contribution in [3.63, 3.8) is 0 Å². The van der Waals surface area contributed by atoms with Crippen LogP contribution in [-0.2, 0) is 11.2 Å². The number of benzene rings is 2. The van der Waals surface area contributed by atoms with Gasteiger partial charge in [-0.15, -0.1) is 0 Å². The Morgan fingerprint density at radius 2 is 1.93 bits per heavy atom. The molecular weight excluding hydrogens is 408 g/mol. The van der Waals surface area contributed by atoms with E-state index in [2.05, 4.69) is 20.6 Å². The van der Waals surface area contributed by atoms with Gasteiger partial charge in [-0.25, -0.2) is 4.98 Å². The SMILES string of the molecule is O=C(Cc1ccccc1)NC(=S)Nc1ccc(Cl)c(-c2nc3ncccc3o2)c1. The van der Waals surface area contributed by atoms with Gasteiger partial charge in [-0.2, -0.15) is 4.98 Å². The van der Waals surface area contributed by atoms with Gasteiger partial charge in [0, 0.05) is 11.9 Å². The van der Waals surface area contributed by atoms with Gasteiger partial charge in [0.15, 0.2) is 16.3 Å². The Hall–Kier alpha value is -3.29. The number of thiocarbonyl (C=S) groups is 1. The number of pyridine rings is 1. The number of rotatable bonds is 4. The van der Waals surface area contributed by atoms with Gasteiger partial charge in [0.2, 0.25) is 11.8 Å². The summed E-state index contributed by atoms with van der Waals surface area (Å²) in [6, 6.07) is 18.2. The van der Waals surface area contributed by atoms with Crippen molar-refractivity contribution in [2.75, 3.05) is 5.32 Å². The largest absolute Gasteiger partial charge is 0.434 e. The van der Waals surface area contributed by atoms with E-state index in [-0.39, 0.29) is 17.4 Å². The summed E-state index contributed by atoms with van der Waals surface area (Å²) < 4.78 is 5.74. The average molecular weight is 423 g/mol. The van der Waals surface area contributed by atoms with Crippen LogP contribution in [0.5, 0.6) is 0 Å². The average Bonchev–Trinajstić information content (AvgIpc) is 3.14. The van der Waals surface area contributed by atoms with Crippen LogP contribution in [0.3, 0.4) is 0 Å². The predicted molar refractivity (Wildman–Crippen MR) is 117 cm³/mol. The molecule has 0 unspecified atom stereocenters. The molecule has 4 rings (SSSR count). The van der Waals surface area contributed by atoms with E-state index < -0.39 is 0 Å². The number of nitrogens with zero attached hydrogens (tertiary/aromatic N) is 2. The molecule has 0 saturated carbocycles. The standard InChI is InChI=1S/C21H15ClN4O2S/c22-16-9-8-14(12-15(16)20-26-19-17(28-20)7-4-10-23-19)24-21(29)25-18(27)11-13-5-2-1-3-6-13/h1-10,12H,11H2,(H2,24,25,27,29). The van der Waals surface area contributed by atoms with E-state index in [1.54, 1.807) is 36.5 Å². The summed E-state index contributed by atoms with van der Waals surface area (Å²) in [7, 11) is 0. The van der Waals surface area contributed by atoms with Crippen molar-refractivity contribution < 1.29 is 9.21 Å². The molecule has 0 spiro atoms. The first-order valence-electron chi connectivity index (χ1n) is 8.75. The van der Waals surface area contributed by atoms with Gasteiger partial charge in [0.05, 0.1) is 17.0 Å². The van der Waals surface area contributed by atoms with E-state index in [0.29, 0.717) is 33.4 Å². The molecule has 0 aliphatic carbocycles. The number of oxazole rings is 1. The van der Waals surface area contributed by atoms with Crippen LogP contribution >= 0.6 is 23.8 Å². The molecule has 144 valence electrons. The number of amides is 1. The maximum atomic E-state index is 12.2. The molecule has 2 heterocycles. The lowest BCUT2D eigenvalue weighted by molar-refractivity contribution is -0.119. The van der Waals surface area contributed by atoms with Gasteiger partial charge in [-0.05, 0) is 48.1 Å². The minimum atomic E-state index is -0.201. The molecule has 2 aromatic heterocycles. The third kappa shape index (κ3) is 4.59. The Bertz CT molecular complexity index is 1160. The molecule has 29 heavy (non-hydrogen) atoms. The molecule has 0 aliphatic heterocycles. The fourth-order valence-corrected chi connectivity index (χ4v) is 3.20. The van der Waals surface area contributed by atoms with Crippen LogP contribution < -0.4 is 10.6 Å². The molecule has 0 bridgehead atoms. The van der Waals surface area contributed by atoms with Gasteiger partial charge < -0.3 is 15.1 Å². The molecule has 0 radical (unpaired) electrons. The predicted octanol–water partition coefficient (Wildman–Crippen LogP) is 4.60. The molecule has 6 nitrogen and oxygen atoms in total. The van der Waals surface area contributed by atoms with E-state index >= 15 is 0 Å². The maximum absolute atomic E-state index is 12.2. The Labute approximate surface area is 176 Å². The third-order valence-electron chi connectivity index (χ3n) is 4.08. The first kappa shape index (κ1) is 19.0. The highest BCUT2D eigenvalue weighted by atomic mass is 35.5. The topological polar surface area (TPSA) is 80.0 Å². The first-order valence-corrected chi connectivity index (χ1v) is 9.53. The summed E-state index contributed by atoms with van der Waals surface area (Å²) in [6.07, 6.45) is 1.88. The molecule has 1 amide bonds. The lowest BCUT2D eigenvalue weighted by Gasteiger charge is -2.11. The number of hydrogen-bond donors (Lipinski definition) is 2. The lowest BCUT2D eigenvalue weighted by Crippen LogP contribution is -2.35. The Kier molecular flexibility index (Phi) is 5.50. The molecule has 0 saturated heterocycles. The summed E-state index contributed by atoms with van der Waals surface area (Å²) in [6.45, 7) is 0. The fraction of sp³-hybridized carbons (Fsp3) is 0.0476. The van der Waals surface area contributed by atoms with Crippen LogP contribution in [0, 0.1) is 0 Å². The second-order valence-electron chi connectivity index (χ2n) is 6.20. The molecule has 0 fully saturated rings. The Morgan fingerprint density at radius 3 is 2.72 bits per heavy atom. The highest BCUT2D eigenvalue weighted by molar-refractivity contribution is 7.80. The van der Waals surface area contributed by atoms with Crippen molar-refractivity contribution in [3.8, 4) is 11.5 Å². The Balaban J connectivity index is 1.47. The van der Waals surface area contributed by atoms with Gasteiger partial charge in [0.1, 0.15) is 0 Å². The molecular formula is C21H15ClN4O2S. The summed E-state index contributed by atoms with van der Waals surface area (Å²) >= 11 is 11.6. The van der Waals surface area contributed by atoms with Crippen LogP contribution in [0.25, 0.3) is 22.7 Å². The number of carbonyl (C=O) groups excluding carboxylic acids is 1. The highest BCUT2D eigenvalue weighted by Crippen LogP contribution is 2.31. The number of fused-ring (bicyclic) bond motifs is 1. The van der Waals surface area contributed by atoms with E-state index in [9.17, 15) is 4.79 Å². The van der Waals surface area contributed by atoms with Crippen molar-refractivity contribution in [1.82, 2.24) is 15.3 Å². The number of carbonyl (C=O) groups is 1. The molecule has 8 heteroatoms. The molecule has 2 aromatic carbocycles. The highest BCUT2D eigenvalue weighted by Gasteiger charge is 2.14. The van der Waals surface area contributed by atoms with E-state index in [1.165, 1.54) is 0 Å². The molecule has 2 N–H and O–H groups in total. The van der Waals surface area contributed by atoms with Crippen LogP contribution in [0.1, 0.15) is 5.56 Å².